The standard InChI is InChI=1S/C18H18N4O7S2/c1-9-8-30-16-13(15(23)20(16)14(9)17(24)29-18(2,3)4)19-31-12-6-5-10(21(25)26)7-11(12)22(27)28/h5-7,16H,8H2,1-4H3/t16-/m1/s1. The van der Waals surface area contributed by atoms with Gasteiger partial charge in [-0.05, 0) is 39.3 Å². The number of amides is 1. The summed E-state index contributed by atoms with van der Waals surface area (Å²) < 4.78 is 9.56. The zero-order valence-electron chi connectivity index (χ0n) is 17.0. The van der Waals surface area contributed by atoms with Gasteiger partial charge in [-0.1, -0.05) is 0 Å². The van der Waals surface area contributed by atoms with E-state index in [1.54, 1.807) is 27.7 Å². The zero-order valence-corrected chi connectivity index (χ0v) is 18.6. The zero-order chi connectivity index (χ0) is 23.1. The number of esters is 1. The Morgan fingerprint density at radius 2 is 1.97 bits per heavy atom. The van der Waals surface area contributed by atoms with Gasteiger partial charge in [-0.25, -0.2) is 9.19 Å². The molecule has 0 saturated carbocycles. The predicted molar refractivity (Wildman–Crippen MR) is 115 cm³/mol. The normalized spacial score (nSPS) is 19.7. The van der Waals surface area contributed by atoms with Gasteiger partial charge in [0.25, 0.3) is 17.3 Å². The summed E-state index contributed by atoms with van der Waals surface area (Å²) >= 11 is 2.09. The molecule has 1 amide bonds. The van der Waals surface area contributed by atoms with Gasteiger partial charge in [0, 0.05) is 23.8 Å². The number of β-lactam (4-membered cyclic amide) rings is 1. The summed E-state index contributed by atoms with van der Waals surface area (Å²) in [6, 6.07) is 3.20. The first-order chi connectivity index (χ1) is 14.4. The number of hydrogen-bond acceptors (Lipinski definition) is 10. The Balaban J connectivity index is 1.84. The fourth-order valence-corrected chi connectivity index (χ4v) is 4.87. The van der Waals surface area contributed by atoms with Crippen molar-refractivity contribution < 1.29 is 24.2 Å². The molecule has 1 aromatic carbocycles. The lowest BCUT2D eigenvalue weighted by Crippen LogP contribution is -2.62. The van der Waals surface area contributed by atoms with Crippen molar-refractivity contribution in [3.8, 4) is 0 Å². The summed E-state index contributed by atoms with van der Waals surface area (Å²) in [5, 5.41) is 21.6. The number of nitro benzene ring substituents is 2. The molecule has 1 fully saturated rings. The highest BCUT2D eigenvalue weighted by molar-refractivity contribution is 8.01. The molecule has 31 heavy (non-hydrogen) atoms. The van der Waals surface area contributed by atoms with Gasteiger partial charge in [-0.15, -0.1) is 11.8 Å². The fraction of sp³-hybridized carbons (Fsp3) is 0.389. The van der Waals surface area contributed by atoms with Crippen LogP contribution in [0.25, 0.3) is 0 Å². The van der Waals surface area contributed by atoms with Crippen LogP contribution in [0.1, 0.15) is 27.7 Å². The van der Waals surface area contributed by atoms with E-state index in [4.69, 9.17) is 4.74 Å². The predicted octanol–water partition coefficient (Wildman–Crippen LogP) is 3.48. The van der Waals surface area contributed by atoms with Crippen LogP contribution in [0.15, 0.2) is 38.8 Å². The number of non-ortho nitro benzene ring substituents is 1. The van der Waals surface area contributed by atoms with Gasteiger partial charge in [-0.2, -0.15) is 0 Å². The Bertz CT molecular complexity index is 1060. The minimum atomic E-state index is -0.744. The molecular formula is C18H18N4O7S2. The smallest absolute Gasteiger partial charge is 0.355 e. The Labute approximate surface area is 185 Å². The second-order valence-corrected chi connectivity index (χ2v) is 9.58. The summed E-state index contributed by atoms with van der Waals surface area (Å²) in [6.07, 6.45) is 0. The van der Waals surface area contributed by atoms with Gasteiger partial charge in [0.2, 0.25) is 0 Å². The molecule has 0 aliphatic carbocycles. The molecule has 0 spiro atoms. The Hall–Kier alpha value is -2.93. The molecule has 1 aromatic rings. The first kappa shape index (κ1) is 22.7. The van der Waals surface area contributed by atoms with Crippen molar-refractivity contribution >= 4 is 52.7 Å². The average Bonchev–Trinajstić information content (AvgIpc) is 2.66. The van der Waals surface area contributed by atoms with Crippen LogP contribution in [0.4, 0.5) is 11.4 Å². The number of ether oxygens (including phenoxy) is 1. The largest absolute Gasteiger partial charge is 0.455 e. The van der Waals surface area contributed by atoms with E-state index in [2.05, 4.69) is 4.40 Å². The first-order valence-corrected chi connectivity index (χ1v) is 10.8. The van der Waals surface area contributed by atoms with Crippen LogP contribution in [-0.2, 0) is 14.3 Å². The number of hydrogen-bond donors (Lipinski definition) is 0. The third-order valence-electron chi connectivity index (χ3n) is 4.19. The number of carbonyl (C=O) groups excluding carboxylic acids is 2. The summed E-state index contributed by atoms with van der Waals surface area (Å²) in [6.45, 7) is 6.94. The molecule has 0 bridgehead atoms. The van der Waals surface area contributed by atoms with Crippen molar-refractivity contribution in [3.05, 3.63) is 49.7 Å². The third kappa shape index (κ3) is 4.56. The molecule has 2 aliphatic heterocycles. The molecule has 3 rings (SSSR count). The molecular weight excluding hydrogens is 448 g/mol. The van der Waals surface area contributed by atoms with Gasteiger partial charge in [-0.3, -0.25) is 29.9 Å². The van der Waals surface area contributed by atoms with Crippen molar-refractivity contribution in [1.82, 2.24) is 4.90 Å². The highest BCUT2D eigenvalue weighted by Gasteiger charge is 2.51. The van der Waals surface area contributed by atoms with E-state index in [9.17, 15) is 29.8 Å². The molecule has 0 unspecified atom stereocenters. The molecule has 0 aromatic heterocycles. The molecule has 2 aliphatic rings. The van der Waals surface area contributed by atoms with Crippen LogP contribution in [0.5, 0.6) is 0 Å². The Morgan fingerprint density at radius 3 is 2.55 bits per heavy atom. The van der Waals surface area contributed by atoms with Crippen LogP contribution in [0.3, 0.4) is 0 Å². The highest BCUT2D eigenvalue weighted by atomic mass is 32.2. The maximum absolute atomic E-state index is 12.7. The van der Waals surface area contributed by atoms with Crippen LogP contribution < -0.4 is 0 Å². The second kappa shape index (κ2) is 8.30. The highest BCUT2D eigenvalue weighted by Crippen LogP contribution is 2.41. The number of rotatable bonds is 5. The first-order valence-electron chi connectivity index (χ1n) is 8.96. The number of benzene rings is 1. The molecule has 1 atom stereocenters. The molecule has 0 N–H and O–H groups in total. The summed E-state index contributed by atoms with van der Waals surface area (Å²) in [7, 11) is 0. The van der Waals surface area contributed by atoms with Crippen molar-refractivity contribution in [2.45, 2.75) is 43.6 Å². The van der Waals surface area contributed by atoms with Gasteiger partial charge >= 0.3 is 5.97 Å². The van der Waals surface area contributed by atoms with E-state index in [-0.39, 0.29) is 16.3 Å². The third-order valence-corrected chi connectivity index (χ3v) is 6.37. The Kier molecular flexibility index (Phi) is 6.09. The van der Waals surface area contributed by atoms with E-state index < -0.39 is 44.1 Å². The number of thioether (sulfide) groups is 1. The minimum absolute atomic E-state index is 0.0641. The number of nitrogens with zero attached hydrogens (tertiary/aromatic N) is 4. The molecule has 164 valence electrons. The maximum Gasteiger partial charge on any atom is 0.355 e. The lowest BCUT2D eigenvalue weighted by atomic mass is 10.1. The lowest BCUT2D eigenvalue weighted by Gasteiger charge is -2.44. The Morgan fingerprint density at radius 1 is 1.29 bits per heavy atom. The lowest BCUT2D eigenvalue weighted by molar-refractivity contribution is -0.396. The van der Waals surface area contributed by atoms with Crippen molar-refractivity contribution in [3.63, 3.8) is 0 Å². The molecule has 11 nitrogen and oxygen atoms in total. The number of nitro groups is 2. The maximum atomic E-state index is 12.7. The monoisotopic (exact) mass is 466 g/mol. The fourth-order valence-electron chi connectivity index (χ4n) is 2.86. The van der Waals surface area contributed by atoms with Gasteiger partial charge in [0.05, 0.1) is 15.9 Å². The van der Waals surface area contributed by atoms with Gasteiger partial charge < -0.3 is 4.74 Å². The number of fused-ring (bicyclic) bond motifs is 1. The average molecular weight is 466 g/mol. The van der Waals surface area contributed by atoms with Gasteiger partial charge in [0.1, 0.15) is 27.3 Å². The SMILES string of the molecule is CC1=C(C(=O)OC(C)(C)C)N2C(=O)C(=NSc3ccc([N+](=O)[O-])cc3[N+](=O)[O-])[C@H]2SC1. The van der Waals surface area contributed by atoms with Crippen molar-refractivity contribution in [2.24, 2.45) is 4.40 Å². The quantitative estimate of drug-likeness (QED) is 0.209. The topological polar surface area (TPSA) is 145 Å². The number of carbonyl (C=O) groups is 2. The van der Waals surface area contributed by atoms with E-state index in [0.29, 0.717) is 23.3 Å². The molecule has 2 heterocycles. The van der Waals surface area contributed by atoms with E-state index >= 15 is 0 Å². The second-order valence-electron chi connectivity index (χ2n) is 7.70. The minimum Gasteiger partial charge on any atom is -0.455 e. The van der Waals surface area contributed by atoms with Crippen molar-refractivity contribution in [1.29, 1.82) is 0 Å². The van der Waals surface area contributed by atoms with E-state index in [1.807, 2.05) is 0 Å². The molecule has 1 saturated heterocycles. The van der Waals surface area contributed by atoms with Crippen molar-refractivity contribution in [2.75, 3.05) is 5.75 Å². The van der Waals surface area contributed by atoms with Crippen LogP contribution >= 0.6 is 23.7 Å². The van der Waals surface area contributed by atoms with E-state index in [1.165, 1.54) is 22.7 Å². The van der Waals surface area contributed by atoms with Crippen LogP contribution in [0, 0.1) is 20.2 Å². The van der Waals surface area contributed by atoms with Gasteiger partial charge in [0.15, 0.2) is 0 Å². The van der Waals surface area contributed by atoms with E-state index in [0.717, 1.165) is 12.1 Å². The molecule has 0 radical (unpaired) electrons. The van der Waals surface area contributed by atoms with Crippen LogP contribution in [-0.4, -0.2) is 49.1 Å². The van der Waals surface area contributed by atoms with Crippen LogP contribution in [0.2, 0.25) is 0 Å². The summed E-state index contributed by atoms with van der Waals surface area (Å²) in [5.74, 6) is -0.597. The molecule has 13 heteroatoms. The summed E-state index contributed by atoms with van der Waals surface area (Å²) in [5.41, 5.74) is -0.569. The summed E-state index contributed by atoms with van der Waals surface area (Å²) in [4.78, 5) is 47.3.